The SMILES string of the molecule is Cc1cc(C)n(C[C@@H]2CCCN2C[C@@H](O)CN2CCC(C)CC2)n1. The molecule has 2 fully saturated rings. The summed E-state index contributed by atoms with van der Waals surface area (Å²) in [6.07, 6.45) is 4.76. The second kappa shape index (κ2) is 7.98. The molecule has 5 heteroatoms. The van der Waals surface area contributed by atoms with Crippen molar-refractivity contribution < 1.29 is 5.11 Å². The van der Waals surface area contributed by atoms with E-state index in [0.717, 1.165) is 50.9 Å². The standard InChI is InChI=1S/C19H34N4O/c1-15-6-9-21(10-7-15)13-19(24)14-22-8-4-5-18(22)12-23-17(3)11-16(2)20-23/h11,15,18-19,24H,4-10,12-14H2,1-3H3/t18-,19-/m0/s1. The average molecular weight is 335 g/mol. The van der Waals surface area contributed by atoms with Gasteiger partial charge in [-0.3, -0.25) is 9.58 Å². The van der Waals surface area contributed by atoms with Crippen molar-refractivity contribution in [1.82, 2.24) is 19.6 Å². The summed E-state index contributed by atoms with van der Waals surface area (Å²) in [5.41, 5.74) is 2.33. The maximum absolute atomic E-state index is 10.6. The summed E-state index contributed by atoms with van der Waals surface area (Å²) < 4.78 is 2.14. The Morgan fingerprint density at radius 2 is 1.92 bits per heavy atom. The summed E-state index contributed by atoms with van der Waals surface area (Å²) in [5.74, 6) is 0.849. The molecule has 2 atom stereocenters. The van der Waals surface area contributed by atoms with Crippen LogP contribution in [0.2, 0.25) is 0 Å². The number of rotatable bonds is 6. The van der Waals surface area contributed by atoms with Crippen LogP contribution in [0.25, 0.3) is 0 Å². The molecule has 3 heterocycles. The molecule has 0 unspecified atom stereocenters. The molecule has 2 aliphatic rings. The monoisotopic (exact) mass is 334 g/mol. The number of likely N-dealkylation sites (tertiary alicyclic amines) is 2. The number of aliphatic hydroxyl groups is 1. The van der Waals surface area contributed by atoms with Gasteiger partial charge in [0.05, 0.1) is 18.3 Å². The second-order valence-corrected chi connectivity index (χ2v) is 8.04. The maximum atomic E-state index is 10.6. The van der Waals surface area contributed by atoms with Crippen LogP contribution in [0.1, 0.15) is 44.0 Å². The second-order valence-electron chi connectivity index (χ2n) is 8.04. The van der Waals surface area contributed by atoms with Gasteiger partial charge >= 0.3 is 0 Å². The Balaban J connectivity index is 1.49. The third-order valence-electron chi connectivity index (χ3n) is 5.78. The molecule has 0 aromatic carbocycles. The van der Waals surface area contributed by atoms with Gasteiger partial charge in [0.25, 0.3) is 0 Å². The normalized spacial score (nSPS) is 25.4. The zero-order valence-electron chi connectivity index (χ0n) is 15.6. The fourth-order valence-electron chi connectivity index (χ4n) is 4.27. The Hall–Kier alpha value is -0.910. The molecule has 0 saturated carbocycles. The Kier molecular flexibility index (Phi) is 5.95. The van der Waals surface area contributed by atoms with E-state index in [1.807, 2.05) is 0 Å². The number of aryl methyl sites for hydroxylation is 2. The lowest BCUT2D eigenvalue weighted by molar-refractivity contribution is 0.0552. The highest BCUT2D eigenvalue weighted by Crippen LogP contribution is 2.21. The topological polar surface area (TPSA) is 44.5 Å². The largest absolute Gasteiger partial charge is 0.390 e. The van der Waals surface area contributed by atoms with E-state index in [-0.39, 0.29) is 6.10 Å². The van der Waals surface area contributed by atoms with Gasteiger partial charge in [0, 0.05) is 24.8 Å². The smallest absolute Gasteiger partial charge is 0.0793 e. The number of piperidine rings is 1. The van der Waals surface area contributed by atoms with Gasteiger partial charge in [0.15, 0.2) is 0 Å². The number of β-amino-alcohol motifs (C(OH)–C–C–N with tert-alkyl or cyclic N) is 1. The lowest BCUT2D eigenvalue weighted by atomic mass is 9.99. The van der Waals surface area contributed by atoms with Gasteiger partial charge in [0.1, 0.15) is 0 Å². The van der Waals surface area contributed by atoms with E-state index in [1.54, 1.807) is 0 Å². The predicted octanol–water partition coefficient (Wildman–Crippen LogP) is 2.06. The van der Waals surface area contributed by atoms with E-state index >= 15 is 0 Å². The number of hydrogen-bond acceptors (Lipinski definition) is 4. The van der Waals surface area contributed by atoms with Crippen molar-refractivity contribution in [1.29, 1.82) is 0 Å². The summed E-state index contributed by atoms with van der Waals surface area (Å²) in [5, 5.41) is 15.2. The summed E-state index contributed by atoms with van der Waals surface area (Å²) in [6, 6.07) is 2.66. The van der Waals surface area contributed by atoms with Crippen LogP contribution in [0.3, 0.4) is 0 Å². The molecule has 0 bridgehead atoms. The van der Waals surface area contributed by atoms with Gasteiger partial charge in [-0.05, 0) is 71.1 Å². The Morgan fingerprint density at radius 1 is 1.17 bits per heavy atom. The van der Waals surface area contributed by atoms with E-state index in [4.69, 9.17) is 0 Å². The average Bonchev–Trinajstić information content (AvgIpc) is 3.08. The van der Waals surface area contributed by atoms with Crippen LogP contribution in [0, 0.1) is 19.8 Å². The molecule has 1 aromatic rings. The highest BCUT2D eigenvalue weighted by atomic mass is 16.3. The summed E-state index contributed by atoms with van der Waals surface area (Å²) in [4.78, 5) is 4.92. The van der Waals surface area contributed by atoms with Crippen LogP contribution in [-0.4, -0.2) is 69.6 Å². The maximum Gasteiger partial charge on any atom is 0.0793 e. The van der Waals surface area contributed by atoms with Crippen molar-refractivity contribution >= 4 is 0 Å². The van der Waals surface area contributed by atoms with Gasteiger partial charge < -0.3 is 10.0 Å². The summed E-state index contributed by atoms with van der Waals surface area (Å²) >= 11 is 0. The van der Waals surface area contributed by atoms with E-state index in [1.165, 1.54) is 31.4 Å². The van der Waals surface area contributed by atoms with Gasteiger partial charge in [-0.1, -0.05) is 6.92 Å². The van der Waals surface area contributed by atoms with E-state index in [2.05, 4.69) is 46.4 Å². The van der Waals surface area contributed by atoms with Gasteiger partial charge in [-0.15, -0.1) is 0 Å². The minimum Gasteiger partial charge on any atom is -0.390 e. The molecule has 3 rings (SSSR count). The Morgan fingerprint density at radius 3 is 2.58 bits per heavy atom. The molecule has 0 radical (unpaired) electrons. The quantitative estimate of drug-likeness (QED) is 0.865. The molecular weight excluding hydrogens is 300 g/mol. The van der Waals surface area contributed by atoms with Crippen molar-refractivity contribution in [3.8, 4) is 0 Å². The molecule has 0 aliphatic carbocycles. The van der Waals surface area contributed by atoms with Crippen molar-refractivity contribution in [3.05, 3.63) is 17.5 Å². The molecule has 0 spiro atoms. The lowest BCUT2D eigenvalue weighted by Crippen LogP contribution is -2.45. The van der Waals surface area contributed by atoms with Crippen molar-refractivity contribution in [2.24, 2.45) is 5.92 Å². The zero-order valence-corrected chi connectivity index (χ0v) is 15.6. The molecular formula is C19H34N4O. The van der Waals surface area contributed by atoms with E-state index < -0.39 is 0 Å². The van der Waals surface area contributed by atoms with E-state index in [0.29, 0.717) is 6.04 Å². The fraction of sp³-hybridized carbons (Fsp3) is 0.842. The minimum atomic E-state index is -0.237. The number of aliphatic hydroxyl groups excluding tert-OH is 1. The van der Waals surface area contributed by atoms with Crippen LogP contribution in [0.5, 0.6) is 0 Å². The number of aromatic nitrogens is 2. The van der Waals surface area contributed by atoms with Gasteiger partial charge in [0.2, 0.25) is 0 Å². The molecule has 136 valence electrons. The molecule has 1 aromatic heterocycles. The number of hydrogen-bond donors (Lipinski definition) is 1. The van der Waals surface area contributed by atoms with Crippen LogP contribution in [0.4, 0.5) is 0 Å². The molecule has 1 N–H and O–H groups in total. The van der Waals surface area contributed by atoms with E-state index in [9.17, 15) is 5.11 Å². The van der Waals surface area contributed by atoms with Crippen LogP contribution >= 0.6 is 0 Å². The third kappa shape index (κ3) is 4.58. The minimum absolute atomic E-state index is 0.237. The van der Waals surface area contributed by atoms with Crippen LogP contribution < -0.4 is 0 Å². The predicted molar refractivity (Wildman–Crippen MR) is 97.1 cm³/mol. The van der Waals surface area contributed by atoms with Crippen LogP contribution in [0.15, 0.2) is 6.07 Å². The van der Waals surface area contributed by atoms with Crippen molar-refractivity contribution in [3.63, 3.8) is 0 Å². The highest BCUT2D eigenvalue weighted by Gasteiger charge is 2.28. The molecule has 24 heavy (non-hydrogen) atoms. The van der Waals surface area contributed by atoms with Crippen LogP contribution in [-0.2, 0) is 6.54 Å². The van der Waals surface area contributed by atoms with Crippen molar-refractivity contribution in [2.75, 3.05) is 32.7 Å². The molecule has 5 nitrogen and oxygen atoms in total. The first kappa shape index (κ1) is 17.9. The molecule has 0 amide bonds. The first-order chi connectivity index (χ1) is 11.5. The highest BCUT2D eigenvalue weighted by molar-refractivity contribution is 5.07. The zero-order chi connectivity index (χ0) is 17.1. The first-order valence-corrected chi connectivity index (χ1v) is 9.67. The Bertz CT molecular complexity index is 521. The summed E-state index contributed by atoms with van der Waals surface area (Å²) in [7, 11) is 0. The molecule has 2 saturated heterocycles. The number of nitrogens with zero attached hydrogens (tertiary/aromatic N) is 4. The summed E-state index contributed by atoms with van der Waals surface area (Å²) in [6.45, 7) is 12.5. The first-order valence-electron chi connectivity index (χ1n) is 9.67. The van der Waals surface area contributed by atoms with Gasteiger partial charge in [-0.2, -0.15) is 5.10 Å². The lowest BCUT2D eigenvalue weighted by Gasteiger charge is -2.33. The third-order valence-corrected chi connectivity index (χ3v) is 5.78. The van der Waals surface area contributed by atoms with Gasteiger partial charge in [-0.25, -0.2) is 0 Å². The molecule has 2 aliphatic heterocycles. The fourth-order valence-corrected chi connectivity index (χ4v) is 4.27. The Labute approximate surface area is 146 Å². The van der Waals surface area contributed by atoms with Crippen molar-refractivity contribution in [2.45, 2.75) is 65.1 Å².